The van der Waals surface area contributed by atoms with Crippen LogP contribution in [0.2, 0.25) is 0 Å². The van der Waals surface area contributed by atoms with Gasteiger partial charge in [-0.3, -0.25) is 4.79 Å². The molecular weight excluding hydrogens is 379 g/mol. The van der Waals surface area contributed by atoms with E-state index in [4.69, 9.17) is 4.74 Å². The van der Waals surface area contributed by atoms with Crippen molar-refractivity contribution >= 4 is 15.6 Å². The molecule has 4 nitrogen and oxygen atoms in total. The van der Waals surface area contributed by atoms with Crippen LogP contribution in [0.1, 0.15) is 16.8 Å². The summed E-state index contributed by atoms with van der Waals surface area (Å²) in [5.41, 5.74) is 0.263. The molecule has 0 aliphatic rings. The first-order chi connectivity index (χ1) is 13.5. The Labute approximate surface area is 163 Å². The van der Waals surface area contributed by atoms with Crippen LogP contribution in [-0.2, 0) is 9.84 Å². The molecule has 0 aliphatic heterocycles. The second-order valence-electron chi connectivity index (χ2n) is 6.21. The van der Waals surface area contributed by atoms with Gasteiger partial charge < -0.3 is 4.74 Å². The maximum Gasteiger partial charge on any atom is 0.203 e. The van der Waals surface area contributed by atoms with Gasteiger partial charge in [0.1, 0.15) is 11.6 Å². The highest BCUT2D eigenvalue weighted by molar-refractivity contribution is 7.91. The Morgan fingerprint density at radius 3 is 2.04 bits per heavy atom. The number of benzene rings is 3. The van der Waals surface area contributed by atoms with E-state index in [9.17, 15) is 17.6 Å². The van der Waals surface area contributed by atoms with E-state index in [1.807, 2.05) is 6.07 Å². The molecule has 0 fully saturated rings. The molecule has 6 heteroatoms. The van der Waals surface area contributed by atoms with Gasteiger partial charge in [-0.25, -0.2) is 12.8 Å². The Hall–Kier alpha value is -2.99. The number of ether oxygens (including phenoxy) is 1. The highest BCUT2D eigenvalue weighted by Gasteiger charge is 2.25. The predicted molar refractivity (Wildman–Crippen MR) is 105 cm³/mol. The van der Waals surface area contributed by atoms with Crippen LogP contribution in [0.5, 0.6) is 5.75 Å². The molecule has 0 amide bonds. The van der Waals surface area contributed by atoms with Crippen LogP contribution in [0, 0.1) is 5.82 Å². The number of carbonyl (C=O) groups is 1. The van der Waals surface area contributed by atoms with E-state index in [-0.39, 0.29) is 22.6 Å². The fourth-order valence-electron chi connectivity index (χ4n) is 2.71. The lowest BCUT2D eigenvalue weighted by atomic mass is 10.0. The molecule has 0 saturated carbocycles. The monoisotopic (exact) mass is 398 g/mol. The quantitative estimate of drug-likeness (QED) is 0.530. The van der Waals surface area contributed by atoms with Crippen LogP contribution < -0.4 is 4.74 Å². The van der Waals surface area contributed by atoms with E-state index >= 15 is 0 Å². The van der Waals surface area contributed by atoms with E-state index in [2.05, 4.69) is 0 Å². The molecule has 144 valence electrons. The first-order valence-corrected chi connectivity index (χ1v) is 10.4. The summed E-state index contributed by atoms with van der Waals surface area (Å²) in [6.07, 6.45) is -1.03. The predicted octanol–water partition coefficient (Wildman–Crippen LogP) is 4.32. The number of halogens is 1. The van der Waals surface area contributed by atoms with Crippen molar-refractivity contribution in [3.63, 3.8) is 0 Å². The number of para-hydroxylation sites is 1. The van der Waals surface area contributed by atoms with E-state index in [1.54, 1.807) is 42.5 Å². The van der Waals surface area contributed by atoms with E-state index in [0.29, 0.717) is 5.75 Å². The van der Waals surface area contributed by atoms with Crippen LogP contribution in [0.25, 0.3) is 0 Å². The van der Waals surface area contributed by atoms with Crippen LogP contribution >= 0.6 is 0 Å². The molecule has 1 unspecified atom stereocenters. The molecule has 0 bridgehead atoms. The van der Waals surface area contributed by atoms with Gasteiger partial charge in [-0.1, -0.05) is 36.4 Å². The summed E-state index contributed by atoms with van der Waals surface area (Å²) in [6, 6.07) is 21.9. The standard InChI is InChI=1S/C22H19FO4S/c23-18-13-11-17(12-14-18)22(24)21(27-19-7-3-1-4-8-19)15-16-28(25,26)20-9-5-2-6-10-20/h1-14,21H,15-16H2. The Kier molecular flexibility index (Phi) is 6.21. The van der Waals surface area contributed by atoms with Gasteiger partial charge in [0.15, 0.2) is 15.9 Å². The van der Waals surface area contributed by atoms with Crippen LogP contribution in [0.3, 0.4) is 0 Å². The summed E-state index contributed by atoms with van der Waals surface area (Å²) in [5, 5.41) is 0. The van der Waals surface area contributed by atoms with E-state index < -0.39 is 27.5 Å². The van der Waals surface area contributed by atoms with Crippen LogP contribution in [-0.4, -0.2) is 26.1 Å². The molecule has 0 radical (unpaired) electrons. The van der Waals surface area contributed by atoms with Crippen molar-refractivity contribution < 1.29 is 22.3 Å². The molecule has 28 heavy (non-hydrogen) atoms. The van der Waals surface area contributed by atoms with Gasteiger partial charge in [0, 0.05) is 12.0 Å². The van der Waals surface area contributed by atoms with Crippen molar-refractivity contribution in [1.82, 2.24) is 0 Å². The number of sulfone groups is 1. The third-order valence-electron chi connectivity index (χ3n) is 4.19. The van der Waals surface area contributed by atoms with Gasteiger partial charge >= 0.3 is 0 Å². The Balaban J connectivity index is 1.81. The Morgan fingerprint density at radius 2 is 1.43 bits per heavy atom. The summed E-state index contributed by atoms with van der Waals surface area (Å²) in [7, 11) is -3.56. The molecule has 3 rings (SSSR count). The minimum atomic E-state index is -3.56. The van der Waals surface area contributed by atoms with E-state index in [1.165, 1.54) is 36.4 Å². The lowest BCUT2D eigenvalue weighted by Gasteiger charge is -2.18. The number of rotatable bonds is 8. The maximum atomic E-state index is 13.2. The molecule has 3 aromatic carbocycles. The average molecular weight is 398 g/mol. The van der Waals surface area contributed by atoms with Gasteiger partial charge in [-0.15, -0.1) is 0 Å². The molecule has 0 heterocycles. The second kappa shape index (κ2) is 8.80. The largest absolute Gasteiger partial charge is 0.482 e. The van der Waals surface area contributed by atoms with Gasteiger partial charge in [-0.05, 0) is 48.5 Å². The number of hydrogen-bond donors (Lipinski definition) is 0. The second-order valence-corrected chi connectivity index (χ2v) is 8.32. The topological polar surface area (TPSA) is 60.4 Å². The molecular formula is C22H19FO4S. The lowest BCUT2D eigenvalue weighted by molar-refractivity contribution is 0.0788. The molecule has 0 saturated heterocycles. The molecule has 0 aliphatic carbocycles. The number of hydrogen-bond acceptors (Lipinski definition) is 4. The summed E-state index contributed by atoms with van der Waals surface area (Å²) >= 11 is 0. The molecule has 0 spiro atoms. The Bertz CT molecular complexity index is 1020. The number of Topliss-reactive ketones (excluding diaryl/α,β-unsaturated/α-hetero) is 1. The van der Waals surface area contributed by atoms with Gasteiger partial charge in [0.05, 0.1) is 10.6 Å². The fraction of sp³-hybridized carbons (Fsp3) is 0.136. The summed E-state index contributed by atoms with van der Waals surface area (Å²) in [4.78, 5) is 13.1. The molecule has 0 aromatic heterocycles. The van der Waals surface area contributed by atoms with Crippen LogP contribution in [0.4, 0.5) is 4.39 Å². The lowest BCUT2D eigenvalue weighted by Crippen LogP contribution is -2.30. The van der Waals surface area contributed by atoms with Crippen molar-refractivity contribution in [2.24, 2.45) is 0 Å². The van der Waals surface area contributed by atoms with Crippen LogP contribution in [0.15, 0.2) is 89.8 Å². The third-order valence-corrected chi connectivity index (χ3v) is 5.96. The zero-order valence-corrected chi connectivity index (χ0v) is 15.8. The SMILES string of the molecule is O=C(c1ccc(F)cc1)C(CCS(=O)(=O)c1ccccc1)Oc1ccccc1. The average Bonchev–Trinajstić information content (AvgIpc) is 2.72. The normalized spacial score (nSPS) is 12.3. The van der Waals surface area contributed by atoms with Crippen molar-refractivity contribution in [3.8, 4) is 5.75 Å². The van der Waals surface area contributed by atoms with Gasteiger partial charge in [0.25, 0.3) is 0 Å². The molecule has 1 atom stereocenters. The van der Waals surface area contributed by atoms with Crippen molar-refractivity contribution in [2.75, 3.05) is 5.75 Å². The van der Waals surface area contributed by atoms with E-state index in [0.717, 1.165) is 0 Å². The summed E-state index contributed by atoms with van der Waals surface area (Å²) < 4.78 is 44.1. The minimum absolute atomic E-state index is 0.0255. The number of ketones is 1. The summed E-state index contributed by atoms with van der Waals surface area (Å²) in [5.74, 6) is -0.641. The first-order valence-electron chi connectivity index (χ1n) is 8.75. The van der Waals surface area contributed by atoms with Gasteiger partial charge in [0.2, 0.25) is 5.78 Å². The Morgan fingerprint density at radius 1 is 0.857 bits per heavy atom. The molecule has 3 aromatic rings. The highest BCUT2D eigenvalue weighted by Crippen LogP contribution is 2.19. The minimum Gasteiger partial charge on any atom is -0.482 e. The fourth-order valence-corrected chi connectivity index (χ4v) is 4.05. The highest BCUT2D eigenvalue weighted by atomic mass is 32.2. The number of carbonyl (C=O) groups excluding carboxylic acids is 1. The third kappa shape index (κ3) is 5.04. The summed E-state index contributed by atoms with van der Waals surface area (Å²) in [6.45, 7) is 0. The molecule has 0 N–H and O–H groups in total. The smallest absolute Gasteiger partial charge is 0.203 e. The van der Waals surface area contributed by atoms with Crippen molar-refractivity contribution in [1.29, 1.82) is 0 Å². The van der Waals surface area contributed by atoms with Crippen molar-refractivity contribution in [2.45, 2.75) is 17.4 Å². The van der Waals surface area contributed by atoms with Crippen molar-refractivity contribution in [3.05, 3.63) is 96.3 Å². The first kappa shape index (κ1) is 19.8. The maximum absolute atomic E-state index is 13.2. The van der Waals surface area contributed by atoms with Gasteiger partial charge in [-0.2, -0.15) is 0 Å². The zero-order chi connectivity index (χ0) is 20.0. The zero-order valence-electron chi connectivity index (χ0n) is 15.0.